The maximum absolute atomic E-state index is 13.5. The fourth-order valence-electron chi connectivity index (χ4n) is 3.81. The molecule has 0 bridgehead atoms. The van der Waals surface area contributed by atoms with Crippen molar-refractivity contribution < 1.29 is 19.1 Å². The van der Waals surface area contributed by atoms with Crippen LogP contribution in [-0.2, 0) is 9.59 Å². The van der Waals surface area contributed by atoms with E-state index in [1.54, 1.807) is 55.6 Å². The van der Waals surface area contributed by atoms with Crippen LogP contribution in [0.15, 0.2) is 66.7 Å². The Kier molecular flexibility index (Phi) is 6.13. The molecule has 0 unspecified atom stereocenters. The number of rotatable bonds is 5. The molecule has 1 aliphatic rings. The van der Waals surface area contributed by atoms with Gasteiger partial charge >= 0.3 is 0 Å². The molecule has 4 rings (SSSR count). The molecule has 3 amide bonds. The van der Waals surface area contributed by atoms with Gasteiger partial charge < -0.3 is 15.4 Å². The summed E-state index contributed by atoms with van der Waals surface area (Å²) in [6.45, 7) is 3.96. The van der Waals surface area contributed by atoms with E-state index in [1.165, 1.54) is 4.90 Å². The molecule has 0 aromatic heterocycles. The number of hydrogen-bond acceptors (Lipinski definition) is 4. The summed E-state index contributed by atoms with van der Waals surface area (Å²) < 4.78 is 5.17. The first-order valence-corrected chi connectivity index (χ1v) is 10.6. The van der Waals surface area contributed by atoms with Crippen LogP contribution >= 0.6 is 0 Å². The lowest BCUT2D eigenvalue weighted by molar-refractivity contribution is -0.122. The smallest absolute Gasteiger partial charge is 0.259 e. The zero-order valence-electron chi connectivity index (χ0n) is 18.7. The minimum absolute atomic E-state index is 0.186. The molecule has 3 aromatic carbocycles. The second kappa shape index (κ2) is 9.16. The normalized spacial score (nSPS) is 14.8. The molecule has 33 heavy (non-hydrogen) atoms. The summed E-state index contributed by atoms with van der Waals surface area (Å²) >= 11 is 0. The number of nitrogens with one attached hydrogen (secondary N) is 2. The third kappa shape index (κ3) is 4.57. The number of benzene rings is 3. The number of fused-ring (bicyclic) bond motifs is 1. The average Bonchev–Trinajstić information content (AvgIpc) is 2.81. The lowest BCUT2D eigenvalue weighted by Crippen LogP contribution is -2.52. The first kappa shape index (κ1) is 22.1. The zero-order chi connectivity index (χ0) is 23.5. The predicted molar refractivity (Wildman–Crippen MR) is 128 cm³/mol. The molecule has 7 heteroatoms. The SMILES string of the molecule is COc1ccc(C(=O)N2c3ccccc3NC(=O)[C@@H]2CC(=O)Nc2ccc(C)c(C)c2)cc1. The number of anilines is 3. The molecule has 168 valence electrons. The average molecular weight is 444 g/mol. The van der Waals surface area contributed by atoms with Crippen LogP contribution < -0.4 is 20.3 Å². The minimum Gasteiger partial charge on any atom is -0.497 e. The largest absolute Gasteiger partial charge is 0.497 e. The number of carbonyl (C=O) groups excluding carboxylic acids is 3. The van der Waals surface area contributed by atoms with Crippen LogP contribution in [0.25, 0.3) is 0 Å². The number of amides is 3. The van der Waals surface area contributed by atoms with Gasteiger partial charge in [-0.25, -0.2) is 0 Å². The third-order valence-corrected chi connectivity index (χ3v) is 5.76. The maximum atomic E-state index is 13.5. The molecule has 1 atom stereocenters. The lowest BCUT2D eigenvalue weighted by atomic mass is 10.0. The highest BCUT2D eigenvalue weighted by Crippen LogP contribution is 2.34. The van der Waals surface area contributed by atoms with Crippen LogP contribution in [0.5, 0.6) is 5.75 Å². The standard InChI is InChI=1S/C26H25N3O4/c1-16-8-11-19(14-17(16)2)27-24(30)15-23-25(31)28-21-6-4-5-7-22(21)29(23)26(32)18-9-12-20(33-3)13-10-18/h4-14,23H,15H2,1-3H3,(H,27,30)(H,28,31)/t23-/m0/s1. The molecule has 7 nitrogen and oxygen atoms in total. The predicted octanol–water partition coefficient (Wildman–Crippen LogP) is 4.31. The minimum atomic E-state index is -0.999. The number of aryl methyl sites for hydroxylation is 2. The number of methoxy groups -OCH3 is 1. The van der Waals surface area contributed by atoms with Crippen LogP contribution in [0.1, 0.15) is 27.9 Å². The molecule has 0 saturated carbocycles. The summed E-state index contributed by atoms with van der Waals surface area (Å²) in [5.74, 6) is -0.521. The highest BCUT2D eigenvalue weighted by atomic mass is 16.5. The van der Waals surface area contributed by atoms with Gasteiger partial charge in [0.1, 0.15) is 11.8 Å². The molecular weight excluding hydrogens is 418 g/mol. The fraction of sp³-hybridized carbons (Fsp3) is 0.192. The molecule has 3 aromatic rings. The Labute approximate surface area is 192 Å². The van der Waals surface area contributed by atoms with Crippen molar-refractivity contribution in [2.24, 2.45) is 0 Å². The van der Waals surface area contributed by atoms with Gasteiger partial charge in [-0.05, 0) is 73.5 Å². The van der Waals surface area contributed by atoms with E-state index in [4.69, 9.17) is 4.74 Å². The topological polar surface area (TPSA) is 87.7 Å². The third-order valence-electron chi connectivity index (χ3n) is 5.76. The van der Waals surface area contributed by atoms with E-state index in [1.807, 2.05) is 32.0 Å². The van der Waals surface area contributed by atoms with Gasteiger partial charge in [0.05, 0.1) is 24.9 Å². The van der Waals surface area contributed by atoms with Crippen molar-refractivity contribution in [3.05, 3.63) is 83.4 Å². The van der Waals surface area contributed by atoms with Crippen molar-refractivity contribution in [3.63, 3.8) is 0 Å². The van der Waals surface area contributed by atoms with Crippen molar-refractivity contribution in [3.8, 4) is 5.75 Å². The number of para-hydroxylation sites is 2. The van der Waals surface area contributed by atoms with Crippen molar-refractivity contribution in [1.82, 2.24) is 0 Å². The lowest BCUT2D eigenvalue weighted by Gasteiger charge is -2.36. The number of carbonyl (C=O) groups is 3. The van der Waals surface area contributed by atoms with E-state index >= 15 is 0 Å². The fourth-order valence-corrected chi connectivity index (χ4v) is 3.81. The quantitative estimate of drug-likeness (QED) is 0.615. The van der Waals surface area contributed by atoms with Crippen molar-refractivity contribution >= 4 is 34.8 Å². The van der Waals surface area contributed by atoms with Crippen LogP contribution in [0.2, 0.25) is 0 Å². The summed E-state index contributed by atoms with van der Waals surface area (Å²) in [6.07, 6.45) is -0.186. The Morgan fingerprint density at radius 2 is 1.73 bits per heavy atom. The van der Waals surface area contributed by atoms with E-state index in [0.717, 1.165) is 11.1 Å². The Morgan fingerprint density at radius 3 is 2.42 bits per heavy atom. The van der Waals surface area contributed by atoms with E-state index in [-0.39, 0.29) is 18.2 Å². The Morgan fingerprint density at radius 1 is 1.00 bits per heavy atom. The second-order valence-corrected chi connectivity index (χ2v) is 7.98. The number of hydrogen-bond donors (Lipinski definition) is 2. The summed E-state index contributed by atoms with van der Waals surface area (Å²) in [6, 6.07) is 18.3. The summed E-state index contributed by atoms with van der Waals surface area (Å²) in [5, 5.41) is 5.66. The summed E-state index contributed by atoms with van der Waals surface area (Å²) in [7, 11) is 1.55. The second-order valence-electron chi connectivity index (χ2n) is 7.98. The van der Waals surface area contributed by atoms with Crippen LogP contribution in [0, 0.1) is 13.8 Å². The molecule has 0 saturated heterocycles. The molecule has 0 spiro atoms. The highest BCUT2D eigenvalue weighted by Gasteiger charge is 2.38. The van der Waals surface area contributed by atoms with Crippen molar-refractivity contribution in [2.45, 2.75) is 26.3 Å². The zero-order valence-corrected chi connectivity index (χ0v) is 18.7. The first-order chi connectivity index (χ1) is 15.9. The van der Waals surface area contributed by atoms with E-state index in [9.17, 15) is 14.4 Å². The van der Waals surface area contributed by atoms with Crippen LogP contribution in [0.4, 0.5) is 17.1 Å². The van der Waals surface area contributed by atoms with Gasteiger partial charge in [-0.1, -0.05) is 18.2 Å². The highest BCUT2D eigenvalue weighted by molar-refractivity contribution is 6.17. The van der Waals surface area contributed by atoms with Gasteiger partial charge in [0.15, 0.2) is 0 Å². The molecule has 1 heterocycles. The van der Waals surface area contributed by atoms with E-state index in [2.05, 4.69) is 10.6 Å². The molecule has 0 aliphatic carbocycles. The van der Waals surface area contributed by atoms with Gasteiger partial charge in [0, 0.05) is 11.3 Å². The maximum Gasteiger partial charge on any atom is 0.259 e. The first-order valence-electron chi connectivity index (χ1n) is 10.6. The molecule has 2 N–H and O–H groups in total. The van der Waals surface area contributed by atoms with E-state index < -0.39 is 11.9 Å². The summed E-state index contributed by atoms with van der Waals surface area (Å²) in [4.78, 5) is 40.8. The number of nitrogens with zero attached hydrogens (tertiary/aromatic N) is 1. The van der Waals surface area contributed by atoms with Crippen molar-refractivity contribution in [2.75, 3.05) is 22.6 Å². The Bertz CT molecular complexity index is 1220. The molecule has 1 aliphatic heterocycles. The Balaban J connectivity index is 1.64. The molecule has 0 fully saturated rings. The van der Waals surface area contributed by atoms with Gasteiger partial charge in [0.25, 0.3) is 5.91 Å². The van der Waals surface area contributed by atoms with Crippen LogP contribution in [0.3, 0.4) is 0 Å². The van der Waals surface area contributed by atoms with Gasteiger partial charge in [-0.15, -0.1) is 0 Å². The van der Waals surface area contributed by atoms with Gasteiger partial charge in [-0.3, -0.25) is 19.3 Å². The Hall–Kier alpha value is -4.13. The van der Waals surface area contributed by atoms with Crippen molar-refractivity contribution in [1.29, 1.82) is 0 Å². The molecular formula is C26H25N3O4. The summed E-state index contributed by atoms with van der Waals surface area (Å²) in [5.41, 5.74) is 4.27. The van der Waals surface area contributed by atoms with E-state index in [0.29, 0.717) is 28.4 Å². The van der Waals surface area contributed by atoms with Gasteiger partial charge in [-0.2, -0.15) is 0 Å². The van der Waals surface area contributed by atoms with Gasteiger partial charge in [0.2, 0.25) is 11.8 Å². The number of ether oxygens (including phenoxy) is 1. The molecule has 0 radical (unpaired) electrons. The monoisotopic (exact) mass is 443 g/mol. The van der Waals surface area contributed by atoms with Crippen LogP contribution in [-0.4, -0.2) is 30.9 Å².